The van der Waals surface area contributed by atoms with Crippen molar-refractivity contribution < 1.29 is 4.39 Å². The van der Waals surface area contributed by atoms with E-state index in [1.807, 2.05) is 29.0 Å². The molecule has 0 bridgehead atoms. The van der Waals surface area contributed by atoms with Crippen LogP contribution in [0, 0.1) is 17.5 Å². The number of nitrogens with zero attached hydrogens (tertiary/aromatic N) is 2. The quantitative estimate of drug-likeness (QED) is 0.744. The molecule has 3 aromatic rings. The van der Waals surface area contributed by atoms with Crippen LogP contribution in [0.3, 0.4) is 0 Å². The molecule has 0 amide bonds. The number of aromatic nitrogens is 3. The summed E-state index contributed by atoms with van der Waals surface area (Å²) < 4.78 is 16.2. The molecule has 102 valence electrons. The third kappa shape index (κ3) is 2.36. The molecule has 2 aromatic heterocycles. The number of nitrogens with one attached hydrogen (secondary N) is 1. The van der Waals surface area contributed by atoms with Gasteiger partial charge in [-0.05, 0) is 54.9 Å². The standard InChI is InChI=1S/C15H14FN3S/c1-10-7-14-13(8-12(10)16)18-15(20)19(14)6-4-11-3-2-5-17-9-11/h2-3,5,7-9H,4,6H2,1H3,(H,18,20). The first kappa shape index (κ1) is 13.0. The Labute approximate surface area is 121 Å². The lowest BCUT2D eigenvalue weighted by atomic mass is 10.2. The highest BCUT2D eigenvalue weighted by Gasteiger charge is 2.08. The number of aromatic amines is 1. The number of benzene rings is 1. The summed E-state index contributed by atoms with van der Waals surface area (Å²) in [6, 6.07) is 7.29. The molecule has 0 fully saturated rings. The zero-order chi connectivity index (χ0) is 14.1. The van der Waals surface area contributed by atoms with Crippen molar-refractivity contribution in [2.24, 2.45) is 0 Å². The highest BCUT2D eigenvalue weighted by Crippen LogP contribution is 2.19. The molecule has 0 saturated carbocycles. The van der Waals surface area contributed by atoms with Crippen molar-refractivity contribution in [3.8, 4) is 0 Å². The van der Waals surface area contributed by atoms with E-state index >= 15 is 0 Å². The van der Waals surface area contributed by atoms with Crippen LogP contribution >= 0.6 is 12.2 Å². The van der Waals surface area contributed by atoms with E-state index in [9.17, 15) is 4.39 Å². The first-order chi connectivity index (χ1) is 9.65. The van der Waals surface area contributed by atoms with Gasteiger partial charge >= 0.3 is 0 Å². The number of halogens is 1. The number of pyridine rings is 1. The zero-order valence-corrected chi connectivity index (χ0v) is 11.9. The van der Waals surface area contributed by atoms with Crippen molar-refractivity contribution >= 4 is 23.3 Å². The van der Waals surface area contributed by atoms with Crippen molar-refractivity contribution in [3.05, 3.63) is 58.4 Å². The molecule has 1 aromatic carbocycles. The van der Waals surface area contributed by atoms with Crippen molar-refractivity contribution in [1.82, 2.24) is 14.5 Å². The van der Waals surface area contributed by atoms with Gasteiger partial charge in [-0.3, -0.25) is 4.98 Å². The summed E-state index contributed by atoms with van der Waals surface area (Å²) in [7, 11) is 0. The minimum Gasteiger partial charge on any atom is -0.330 e. The van der Waals surface area contributed by atoms with Gasteiger partial charge in [0.25, 0.3) is 0 Å². The van der Waals surface area contributed by atoms with Gasteiger partial charge in [-0.25, -0.2) is 4.39 Å². The molecule has 2 heterocycles. The minimum absolute atomic E-state index is 0.215. The van der Waals surface area contributed by atoms with E-state index in [0.717, 1.165) is 29.6 Å². The second kappa shape index (κ2) is 5.17. The van der Waals surface area contributed by atoms with Gasteiger partial charge in [-0.1, -0.05) is 6.07 Å². The molecule has 0 saturated heterocycles. The van der Waals surface area contributed by atoms with Crippen molar-refractivity contribution in [2.75, 3.05) is 0 Å². The van der Waals surface area contributed by atoms with E-state index in [0.29, 0.717) is 10.3 Å². The topological polar surface area (TPSA) is 33.6 Å². The summed E-state index contributed by atoms with van der Waals surface area (Å²) in [6.07, 6.45) is 4.45. The molecular formula is C15H14FN3S. The minimum atomic E-state index is -0.215. The number of hydrogen-bond donors (Lipinski definition) is 1. The molecule has 3 nitrogen and oxygen atoms in total. The molecule has 20 heavy (non-hydrogen) atoms. The SMILES string of the molecule is Cc1cc2c(cc1F)[nH]c(=S)n2CCc1cccnc1. The van der Waals surface area contributed by atoms with Crippen LogP contribution in [0.25, 0.3) is 11.0 Å². The maximum Gasteiger partial charge on any atom is 0.178 e. The summed E-state index contributed by atoms with van der Waals surface area (Å²) in [5, 5.41) is 0. The van der Waals surface area contributed by atoms with Crippen molar-refractivity contribution in [1.29, 1.82) is 0 Å². The van der Waals surface area contributed by atoms with Gasteiger partial charge in [0.2, 0.25) is 0 Å². The summed E-state index contributed by atoms with van der Waals surface area (Å²) in [5.74, 6) is -0.215. The fraction of sp³-hybridized carbons (Fsp3) is 0.200. The smallest absolute Gasteiger partial charge is 0.178 e. The molecule has 0 unspecified atom stereocenters. The fourth-order valence-corrected chi connectivity index (χ4v) is 2.59. The number of imidazole rings is 1. The predicted molar refractivity (Wildman–Crippen MR) is 79.8 cm³/mol. The summed E-state index contributed by atoms with van der Waals surface area (Å²) in [4.78, 5) is 7.16. The Morgan fingerprint density at radius 2 is 2.25 bits per heavy atom. The van der Waals surface area contributed by atoms with Gasteiger partial charge in [-0.2, -0.15) is 0 Å². The second-order valence-electron chi connectivity index (χ2n) is 4.81. The molecule has 0 spiro atoms. The van der Waals surface area contributed by atoms with Crippen LogP contribution in [0.15, 0.2) is 36.7 Å². The average Bonchev–Trinajstić information content (AvgIpc) is 2.73. The largest absolute Gasteiger partial charge is 0.330 e. The van der Waals surface area contributed by atoms with Crippen LogP contribution in [0.4, 0.5) is 4.39 Å². The number of rotatable bonds is 3. The van der Waals surface area contributed by atoms with Gasteiger partial charge < -0.3 is 9.55 Å². The predicted octanol–water partition coefficient (Wildman–Crippen LogP) is 3.78. The first-order valence-electron chi connectivity index (χ1n) is 6.43. The van der Waals surface area contributed by atoms with Crippen molar-refractivity contribution in [2.45, 2.75) is 19.9 Å². The Bertz CT molecular complexity index is 805. The Hall–Kier alpha value is -2.01. The molecule has 0 atom stereocenters. The lowest BCUT2D eigenvalue weighted by Gasteiger charge is -2.05. The van der Waals surface area contributed by atoms with Gasteiger partial charge in [0, 0.05) is 18.9 Å². The Balaban J connectivity index is 1.97. The van der Waals surface area contributed by atoms with E-state index in [4.69, 9.17) is 12.2 Å². The molecule has 0 radical (unpaired) electrons. The molecule has 1 N–H and O–H groups in total. The van der Waals surface area contributed by atoms with E-state index < -0.39 is 0 Å². The average molecular weight is 287 g/mol. The summed E-state index contributed by atoms with van der Waals surface area (Å²) in [5.41, 5.74) is 3.46. The Kier molecular flexibility index (Phi) is 3.36. The van der Waals surface area contributed by atoms with Gasteiger partial charge in [0.05, 0.1) is 11.0 Å². The third-order valence-corrected chi connectivity index (χ3v) is 3.72. The molecule has 5 heteroatoms. The molecular weight excluding hydrogens is 273 g/mol. The second-order valence-corrected chi connectivity index (χ2v) is 5.20. The summed E-state index contributed by atoms with van der Waals surface area (Å²) in [6.45, 7) is 2.51. The number of hydrogen-bond acceptors (Lipinski definition) is 2. The van der Waals surface area contributed by atoms with E-state index in [1.165, 1.54) is 6.07 Å². The third-order valence-electron chi connectivity index (χ3n) is 3.40. The van der Waals surface area contributed by atoms with E-state index in [2.05, 4.69) is 9.97 Å². The molecule has 3 rings (SSSR count). The van der Waals surface area contributed by atoms with Crippen molar-refractivity contribution in [3.63, 3.8) is 0 Å². The zero-order valence-electron chi connectivity index (χ0n) is 11.1. The van der Waals surface area contributed by atoms with Gasteiger partial charge in [0.15, 0.2) is 4.77 Å². The fourth-order valence-electron chi connectivity index (χ4n) is 2.29. The van der Waals surface area contributed by atoms with Crippen LogP contribution in [-0.2, 0) is 13.0 Å². The van der Waals surface area contributed by atoms with Crippen LogP contribution in [0.1, 0.15) is 11.1 Å². The highest BCUT2D eigenvalue weighted by molar-refractivity contribution is 7.71. The van der Waals surface area contributed by atoms with Crippen LogP contribution in [0.5, 0.6) is 0 Å². The molecule has 0 aliphatic carbocycles. The maximum absolute atomic E-state index is 13.6. The highest BCUT2D eigenvalue weighted by atomic mass is 32.1. The van der Waals surface area contributed by atoms with Gasteiger partial charge in [-0.15, -0.1) is 0 Å². The monoisotopic (exact) mass is 287 g/mol. The lowest BCUT2D eigenvalue weighted by Crippen LogP contribution is -2.02. The normalized spacial score (nSPS) is 11.1. The lowest BCUT2D eigenvalue weighted by molar-refractivity contribution is 0.620. The van der Waals surface area contributed by atoms with E-state index in [1.54, 1.807) is 13.1 Å². The Morgan fingerprint density at radius 1 is 1.40 bits per heavy atom. The summed E-state index contributed by atoms with van der Waals surface area (Å²) >= 11 is 5.32. The number of H-pyrrole nitrogens is 1. The molecule has 0 aliphatic heterocycles. The number of aryl methyl sites for hydroxylation is 3. The Morgan fingerprint density at radius 3 is 3.00 bits per heavy atom. The maximum atomic E-state index is 13.6. The van der Waals surface area contributed by atoms with Crippen LogP contribution in [0.2, 0.25) is 0 Å². The number of fused-ring (bicyclic) bond motifs is 1. The van der Waals surface area contributed by atoms with E-state index in [-0.39, 0.29) is 5.82 Å². The van der Waals surface area contributed by atoms with Crippen LogP contribution < -0.4 is 0 Å². The van der Waals surface area contributed by atoms with Crippen LogP contribution in [-0.4, -0.2) is 14.5 Å². The first-order valence-corrected chi connectivity index (χ1v) is 6.83. The van der Waals surface area contributed by atoms with Gasteiger partial charge in [0.1, 0.15) is 5.82 Å². The molecule has 0 aliphatic rings.